The number of ether oxygens (including phenoxy) is 1. The Balaban J connectivity index is 2.09. The molecular formula is C17H32N2O5S2. The molecule has 1 amide bonds. The van der Waals surface area contributed by atoms with Crippen LogP contribution in [0, 0.1) is 5.41 Å². The van der Waals surface area contributed by atoms with Crippen LogP contribution < -0.4 is 4.72 Å². The summed E-state index contributed by atoms with van der Waals surface area (Å²) in [6.45, 7) is 11.9. The SMILES string of the molecule is CC(C)(C)OC(=O)N1CCC2(CC1)CS(=O)(=O)C[C@H]2N[S@+]([O-])C(C)(C)C. The van der Waals surface area contributed by atoms with Gasteiger partial charge in [0.25, 0.3) is 0 Å². The van der Waals surface area contributed by atoms with E-state index in [2.05, 4.69) is 4.72 Å². The van der Waals surface area contributed by atoms with Crippen molar-refractivity contribution in [3.63, 3.8) is 0 Å². The van der Waals surface area contributed by atoms with E-state index in [9.17, 15) is 17.8 Å². The minimum atomic E-state index is -3.19. The average molecular weight is 409 g/mol. The number of hydrogen-bond acceptors (Lipinski definition) is 6. The third kappa shape index (κ3) is 5.27. The number of hydrogen-bond donors (Lipinski definition) is 1. The zero-order chi connectivity index (χ0) is 20.0. The summed E-state index contributed by atoms with van der Waals surface area (Å²) in [5, 5.41) is 0. The summed E-state index contributed by atoms with van der Waals surface area (Å²) in [6.07, 6.45) is 0.755. The summed E-state index contributed by atoms with van der Waals surface area (Å²) in [6, 6.07) is -0.353. The largest absolute Gasteiger partial charge is 0.598 e. The lowest BCUT2D eigenvalue weighted by Gasteiger charge is -2.42. The summed E-state index contributed by atoms with van der Waals surface area (Å²) in [5.41, 5.74) is -1.03. The molecule has 0 aliphatic carbocycles. The fourth-order valence-electron chi connectivity index (χ4n) is 3.45. The van der Waals surface area contributed by atoms with Gasteiger partial charge in [-0.2, -0.15) is 0 Å². The molecule has 2 fully saturated rings. The third-order valence-corrected chi connectivity index (χ3v) is 8.35. The van der Waals surface area contributed by atoms with Crippen molar-refractivity contribution < 1.29 is 22.5 Å². The number of nitrogens with zero attached hydrogens (tertiary/aromatic N) is 1. The van der Waals surface area contributed by atoms with Gasteiger partial charge < -0.3 is 14.2 Å². The minimum absolute atomic E-state index is 0.00125. The fourth-order valence-corrected chi connectivity index (χ4v) is 6.93. The molecule has 0 bridgehead atoms. The van der Waals surface area contributed by atoms with Crippen LogP contribution in [-0.4, -0.2) is 64.9 Å². The first-order valence-electron chi connectivity index (χ1n) is 9.00. The number of rotatable bonds is 2. The van der Waals surface area contributed by atoms with Crippen LogP contribution >= 0.6 is 0 Å². The van der Waals surface area contributed by atoms with Crippen LogP contribution in [0.4, 0.5) is 4.79 Å². The molecule has 1 spiro atoms. The Kier molecular flexibility index (Phi) is 5.99. The maximum Gasteiger partial charge on any atom is 0.410 e. The molecule has 2 aliphatic rings. The van der Waals surface area contributed by atoms with Gasteiger partial charge in [0, 0.05) is 29.9 Å². The number of amides is 1. The molecule has 7 nitrogen and oxygen atoms in total. The summed E-state index contributed by atoms with van der Waals surface area (Å²) >= 11 is -1.34. The third-order valence-electron chi connectivity index (χ3n) is 4.88. The van der Waals surface area contributed by atoms with E-state index in [-0.39, 0.29) is 23.6 Å². The van der Waals surface area contributed by atoms with Crippen LogP contribution in [0.3, 0.4) is 0 Å². The van der Waals surface area contributed by atoms with Crippen molar-refractivity contribution in [2.45, 2.75) is 70.8 Å². The Morgan fingerprint density at radius 1 is 1.19 bits per heavy atom. The number of nitrogens with one attached hydrogen (secondary N) is 1. The molecule has 2 rings (SSSR count). The molecular weight excluding hydrogens is 376 g/mol. The molecule has 2 heterocycles. The second kappa shape index (κ2) is 7.14. The van der Waals surface area contributed by atoms with Gasteiger partial charge in [0.2, 0.25) is 0 Å². The Hall–Kier alpha value is -0.510. The first kappa shape index (κ1) is 21.8. The maximum absolute atomic E-state index is 12.5. The van der Waals surface area contributed by atoms with Crippen molar-refractivity contribution in [3.05, 3.63) is 0 Å². The Morgan fingerprint density at radius 3 is 2.19 bits per heavy atom. The molecule has 0 aromatic carbocycles. The van der Waals surface area contributed by atoms with Gasteiger partial charge in [-0.05, 0) is 54.4 Å². The van der Waals surface area contributed by atoms with Crippen LogP contribution in [0.5, 0.6) is 0 Å². The predicted molar refractivity (Wildman–Crippen MR) is 103 cm³/mol. The molecule has 9 heteroatoms. The van der Waals surface area contributed by atoms with Gasteiger partial charge in [0.1, 0.15) is 10.3 Å². The van der Waals surface area contributed by atoms with Crippen LogP contribution in [0.2, 0.25) is 0 Å². The molecule has 0 unspecified atom stereocenters. The molecule has 0 aromatic rings. The summed E-state index contributed by atoms with van der Waals surface area (Å²) in [7, 11) is -3.19. The number of carbonyl (C=O) groups is 1. The van der Waals surface area contributed by atoms with Gasteiger partial charge in [-0.15, -0.1) is 4.72 Å². The number of sulfone groups is 1. The topological polar surface area (TPSA) is 98.8 Å². The minimum Gasteiger partial charge on any atom is -0.598 e. The molecule has 0 saturated carbocycles. The second-order valence-electron chi connectivity index (χ2n) is 9.44. The monoisotopic (exact) mass is 408 g/mol. The van der Waals surface area contributed by atoms with E-state index >= 15 is 0 Å². The molecule has 26 heavy (non-hydrogen) atoms. The molecule has 2 aliphatic heterocycles. The second-order valence-corrected chi connectivity index (χ2v) is 13.5. The highest BCUT2D eigenvalue weighted by atomic mass is 32.2. The van der Waals surface area contributed by atoms with Gasteiger partial charge in [-0.1, -0.05) is 0 Å². The quantitative estimate of drug-likeness (QED) is 0.700. The van der Waals surface area contributed by atoms with E-state index in [1.807, 2.05) is 41.5 Å². The smallest absolute Gasteiger partial charge is 0.410 e. The number of likely N-dealkylation sites (tertiary alicyclic amines) is 1. The lowest BCUT2D eigenvalue weighted by Crippen LogP contribution is -2.55. The van der Waals surface area contributed by atoms with E-state index < -0.39 is 37.0 Å². The molecule has 1 N–H and O–H groups in total. The molecule has 2 saturated heterocycles. The van der Waals surface area contributed by atoms with Gasteiger partial charge in [-0.3, -0.25) is 0 Å². The average Bonchev–Trinajstić information content (AvgIpc) is 2.66. The Morgan fingerprint density at radius 2 is 1.73 bits per heavy atom. The van der Waals surface area contributed by atoms with E-state index in [1.165, 1.54) is 0 Å². The molecule has 0 radical (unpaired) electrons. The first-order chi connectivity index (χ1) is 11.6. The Bertz CT molecular complexity index is 629. The van der Waals surface area contributed by atoms with E-state index in [0.717, 1.165) is 0 Å². The van der Waals surface area contributed by atoms with Crippen molar-refractivity contribution >= 4 is 27.3 Å². The highest BCUT2D eigenvalue weighted by Gasteiger charge is 2.54. The van der Waals surface area contributed by atoms with E-state index in [0.29, 0.717) is 25.9 Å². The van der Waals surface area contributed by atoms with Gasteiger partial charge in [0.05, 0.1) is 17.5 Å². The number of carbonyl (C=O) groups excluding carboxylic acids is 1. The van der Waals surface area contributed by atoms with E-state index in [4.69, 9.17) is 4.74 Å². The first-order valence-corrected chi connectivity index (χ1v) is 12.0. The molecule has 152 valence electrons. The molecule has 0 aromatic heterocycles. The van der Waals surface area contributed by atoms with Gasteiger partial charge in [-0.25, -0.2) is 13.2 Å². The fraction of sp³-hybridized carbons (Fsp3) is 0.941. The lowest BCUT2D eigenvalue weighted by atomic mass is 9.75. The molecule has 2 atom stereocenters. The summed E-state index contributed by atoms with van der Waals surface area (Å²) in [4.78, 5) is 13.9. The van der Waals surface area contributed by atoms with Crippen molar-refractivity contribution in [3.8, 4) is 0 Å². The maximum atomic E-state index is 12.5. The standard InChI is InChI=1S/C17H32N2O5S2/c1-15(2,3)24-14(20)19-9-7-17(8-10-19)12-26(22,23)11-13(17)18-25(21)16(4,5)6/h13,18H,7-12H2,1-6H3/t13-,25-/m1/s1. The van der Waals surface area contributed by atoms with Crippen molar-refractivity contribution in [2.75, 3.05) is 24.6 Å². The van der Waals surface area contributed by atoms with Gasteiger partial charge in [0.15, 0.2) is 9.84 Å². The number of piperidine rings is 1. The van der Waals surface area contributed by atoms with Crippen LogP contribution in [0.25, 0.3) is 0 Å². The van der Waals surface area contributed by atoms with Crippen molar-refractivity contribution in [2.24, 2.45) is 5.41 Å². The van der Waals surface area contributed by atoms with Crippen LogP contribution in [-0.2, 0) is 25.9 Å². The van der Waals surface area contributed by atoms with E-state index in [1.54, 1.807) is 4.90 Å². The van der Waals surface area contributed by atoms with Crippen molar-refractivity contribution in [1.29, 1.82) is 0 Å². The lowest BCUT2D eigenvalue weighted by molar-refractivity contribution is 0.0105. The summed E-state index contributed by atoms with van der Waals surface area (Å²) < 4.78 is 45.1. The van der Waals surface area contributed by atoms with Crippen LogP contribution in [0.1, 0.15) is 54.4 Å². The summed E-state index contributed by atoms with van der Waals surface area (Å²) in [5.74, 6) is 0.0857. The van der Waals surface area contributed by atoms with Gasteiger partial charge >= 0.3 is 6.09 Å². The Labute approximate surface area is 160 Å². The highest BCUT2D eigenvalue weighted by molar-refractivity contribution is 7.92. The van der Waals surface area contributed by atoms with Crippen LogP contribution in [0.15, 0.2) is 0 Å². The normalized spacial score (nSPS) is 26.7. The van der Waals surface area contributed by atoms with Crippen molar-refractivity contribution in [1.82, 2.24) is 9.62 Å². The zero-order valence-corrected chi connectivity index (χ0v) is 18.3. The predicted octanol–water partition coefficient (Wildman–Crippen LogP) is 1.85. The highest BCUT2D eigenvalue weighted by Crippen LogP contribution is 2.43. The zero-order valence-electron chi connectivity index (χ0n) is 16.6.